The fraction of sp³-hybridized carbons (Fsp3) is 0.409. The highest BCUT2D eigenvalue weighted by Crippen LogP contribution is 2.24. The van der Waals surface area contributed by atoms with Crippen molar-refractivity contribution in [3.8, 4) is 11.1 Å². The number of halogens is 2. The lowest BCUT2D eigenvalue weighted by molar-refractivity contribution is -0.0167. The Morgan fingerprint density at radius 3 is 2.10 bits per heavy atom. The van der Waals surface area contributed by atoms with Crippen molar-refractivity contribution in [2.24, 2.45) is 5.73 Å². The zero-order valence-corrected chi connectivity index (χ0v) is 18.7. The normalized spacial score (nSPS) is 15.8. The van der Waals surface area contributed by atoms with Gasteiger partial charge in [-0.3, -0.25) is 4.79 Å². The molecule has 1 atom stereocenters. The maximum absolute atomic E-state index is 12.7. The van der Waals surface area contributed by atoms with E-state index in [4.69, 9.17) is 10.5 Å². The molecule has 1 fully saturated rings. The molecule has 5 nitrogen and oxygen atoms in total. The molecule has 0 spiro atoms. The highest BCUT2D eigenvalue weighted by Gasteiger charge is 2.24. The zero-order chi connectivity index (χ0) is 19.2. The molecule has 29 heavy (non-hydrogen) atoms. The molecule has 0 radical (unpaired) electrons. The number of anilines is 1. The van der Waals surface area contributed by atoms with Crippen molar-refractivity contribution in [1.82, 2.24) is 4.90 Å². The van der Waals surface area contributed by atoms with E-state index in [0.29, 0.717) is 31.8 Å². The Morgan fingerprint density at radius 1 is 1.03 bits per heavy atom. The third-order valence-electron chi connectivity index (χ3n) is 5.15. The number of nitrogens with two attached hydrogens (primary N) is 1. The lowest BCUT2D eigenvalue weighted by atomic mass is 10.0. The smallest absolute Gasteiger partial charge is 0.254 e. The van der Waals surface area contributed by atoms with Gasteiger partial charge >= 0.3 is 0 Å². The first-order valence-corrected chi connectivity index (χ1v) is 9.72. The Kier molecular flexibility index (Phi) is 10.5. The summed E-state index contributed by atoms with van der Waals surface area (Å²) in [6.45, 7) is 8.48. The van der Waals surface area contributed by atoms with Gasteiger partial charge in [0.15, 0.2) is 0 Å². The predicted octanol–water partition coefficient (Wildman–Crippen LogP) is 3.84. The van der Waals surface area contributed by atoms with Gasteiger partial charge in [-0.1, -0.05) is 24.3 Å². The molecular weight excluding hydrogens is 409 g/mol. The molecule has 1 heterocycles. The molecule has 0 aliphatic carbocycles. The van der Waals surface area contributed by atoms with Crippen molar-refractivity contribution in [1.29, 1.82) is 0 Å². The second-order valence-corrected chi connectivity index (χ2v) is 6.78. The Labute approximate surface area is 186 Å². The summed E-state index contributed by atoms with van der Waals surface area (Å²) in [5.41, 5.74) is 9.87. The van der Waals surface area contributed by atoms with E-state index in [-0.39, 0.29) is 36.8 Å². The summed E-state index contributed by atoms with van der Waals surface area (Å²) in [6, 6.07) is 16.4. The van der Waals surface area contributed by atoms with Crippen LogP contribution in [0.15, 0.2) is 48.5 Å². The van der Waals surface area contributed by atoms with Gasteiger partial charge in [0.05, 0.1) is 12.7 Å². The SMILES string of the molecule is CCN(CC)c1ccc(-c2ccc(C(=O)N3CCOC(CN)C3)cc2)cc1.Cl.Cl. The number of amides is 1. The van der Waals surface area contributed by atoms with Gasteiger partial charge in [0.25, 0.3) is 5.91 Å². The molecule has 1 aliphatic rings. The van der Waals surface area contributed by atoms with E-state index in [1.807, 2.05) is 29.2 Å². The standard InChI is InChI=1S/C22H29N3O2.2ClH/c1-3-24(4-2)20-11-9-18(10-12-20)17-5-7-19(8-6-17)22(26)25-13-14-27-21(15-23)16-25;;/h5-12,21H,3-4,13-16,23H2,1-2H3;2*1H. The molecule has 0 saturated carbocycles. The van der Waals surface area contributed by atoms with Crippen LogP contribution in [0.5, 0.6) is 0 Å². The van der Waals surface area contributed by atoms with E-state index in [0.717, 1.165) is 24.2 Å². The molecule has 7 heteroatoms. The van der Waals surface area contributed by atoms with Crippen LogP contribution in [-0.2, 0) is 4.74 Å². The Balaban J connectivity index is 0.00000210. The Bertz CT molecular complexity index is 750. The summed E-state index contributed by atoms with van der Waals surface area (Å²) in [7, 11) is 0. The molecule has 3 rings (SSSR count). The van der Waals surface area contributed by atoms with Gasteiger partial charge < -0.3 is 20.3 Å². The number of carbonyl (C=O) groups excluding carboxylic acids is 1. The fourth-order valence-electron chi connectivity index (χ4n) is 3.49. The molecule has 1 unspecified atom stereocenters. The third kappa shape index (κ3) is 6.09. The minimum Gasteiger partial charge on any atom is -0.373 e. The quantitative estimate of drug-likeness (QED) is 0.742. The second-order valence-electron chi connectivity index (χ2n) is 6.78. The maximum atomic E-state index is 12.7. The molecule has 2 aromatic carbocycles. The number of carbonyl (C=O) groups is 1. The summed E-state index contributed by atoms with van der Waals surface area (Å²) < 4.78 is 5.54. The van der Waals surface area contributed by atoms with Crippen molar-refractivity contribution < 1.29 is 9.53 Å². The molecule has 1 saturated heterocycles. The minimum absolute atomic E-state index is 0. The molecule has 1 aliphatic heterocycles. The van der Waals surface area contributed by atoms with Crippen LogP contribution in [0.2, 0.25) is 0 Å². The monoisotopic (exact) mass is 439 g/mol. The summed E-state index contributed by atoms with van der Waals surface area (Å²) in [6.07, 6.45) is -0.0636. The first-order chi connectivity index (χ1) is 13.2. The van der Waals surface area contributed by atoms with Gasteiger partial charge in [-0.2, -0.15) is 0 Å². The van der Waals surface area contributed by atoms with Crippen LogP contribution in [0, 0.1) is 0 Å². The largest absolute Gasteiger partial charge is 0.373 e. The average molecular weight is 440 g/mol. The van der Waals surface area contributed by atoms with E-state index in [2.05, 4.69) is 43.0 Å². The van der Waals surface area contributed by atoms with Crippen LogP contribution >= 0.6 is 24.8 Å². The van der Waals surface area contributed by atoms with Crippen molar-refractivity contribution in [2.75, 3.05) is 44.2 Å². The lowest BCUT2D eigenvalue weighted by Gasteiger charge is -2.32. The number of hydrogen-bond acceptors (Lipinski definition) is 4. The molecular formula is C22H31Cl2N3O2. The van der Waals surface area contributed by atoms with Crippen LogP contribution < -0.4 is 10.6 Å². The van der Waals surface area contributed by atoms with Crippen molar-refractivity contribution in [3.63, 3.8) is 0 Å². The zero-order valence-electron chi connectivity index (χ0n) is 17.0. The van der Waals surface area contributed by atoms with E-state index in [9.17, 15) is 4.79 Å². The van der Waals surface area contributed by atoms with Gasteiger partial charge in [-0.25, -0.2) is 0 Å². The number of benzene rings is 2. The van der Waals surface area contributed by atoms with Crippen molar-refractivity contribution >= 4 is 36.4 Å². The highest BCUT2D eigenvalue weighted by molar-refractivity contribution is 5.94. The number of ether oxygens (including phenoxy) is 1. The van der Waals surface area contributed by atoms with Crippen LogP contribution in [0.1, 0.15) is 24.2 Å². The van der Waals surface area contributed by atoms with Crippen LogP contribution in [0.3, 0.4) is 0 Å². The van der Waals surface area contributed by atoms with Crippen LogP contribution in [-0.4, -0.2) is 56.2 Å². The van der Waals surface area contributed by atoms with Crippen molar-refractivity contribution in [3.05, 3.63) is 54.1 Å². The summed E-state index contributed by atoms with van der Waals surface area (Å²) >= 11 is 0. The molecule has 2 aromatic rings. The fourth-order valence-corrected chi connectivity index (χ4v) is 3.49. The highest BCUT2D eigenvalue weighted by atomic mass is 35.5. The first kappa shape index (κ1) is 25.2. The molecule has 2 N–H and O–H groups in total. The predicted molar refractivity (Wildman–Crippen MR) is 125 cm³/mol. The van der Waals surface area contributed by atoms with E-state index in [1.165, 1.54) is 5.69 Å². The maximum Gasteiger partial charge on any atom is 0.254 e. The topological polar surface area (TPSA) is 58.8 Å². The van der Waals surface area contributed by atoms with Crippen LogP contribution in [0.25, 0.3) is 11.1 Å². The lowest BCUT2D eigenvalue weighted by Crippen LogP contribution is -2.48. The van der Waals surface area contributed by atoms with Gasteiger partial charge in [0.2, 0.25) is 0 Å². The number of rotatable bonds is 6. The third-order valence-corrected chi connectivity index (χ3v) is 5.15. The first-order valence-electron chi connectivity index (χ1n) is 9.72. The number of nitrogens with zero attached hydrogens (tertiary/aromatic N) is 2. The molecule has 0 aromatic heterocycles. The average Bonchev–Trinajstić information content (AvgIpc) is 2.75. The van der Waals surface area contributed by atoms with Gasteiger partial charge in [0, 0.05) is 44.0 Å². The van der Waals surface area contributed by atoms with Gasteiger partial charge in [-0.15, -0.1) is 24.8 Å². The summed E-state index contributed by atoms with van der Waals surface area (Å²) in [5.74, 6) is 0.0418. The second kappa shape index (κ2) is 12.0. The van der Waals surface area contributed by atoms with E-state index >= 15 is 0 Å². The molecule has 1 amide bonds. The van der Waals surface area contributed by atoms with E-state index in [1.54, 1.807) is 0 Å². The molecule has 160 valence electrons. The summed E-state index contributed by atoms with van der Waals surface area (Å²) in [4.78, 5) is 16.9. The number of hydrogen-bond donors (Lipinski definition) is 1. The van der Waals surface area contributed by atoms with E-state index < -0.39 is 0 Å². The van der Waals surface area contributed by atoms with Gasteiger partial charge in [-0.05, 0) is 49.2 Å². The Morgan fingerprint density at radius 2 is 1.59 bits per heavy atom. The van der Waals surface area contributed by atoms with Crippen LogP contribution in [0.4, 0.5) is 5.69 Å². The minimum atomic E-state index is -0.0636. The molecule has 0 bridgehead atoms. The van der Waals surface area contributed by atoms with Gasteiger partial charge in [0.1, 0.15) is 0 Å². The van der Waals surface area contributed by atoms with Crippen molar-refractivity contribution in [2.45, 2.75) is 20.0 Å². The summed E-state index contributed by atoms with van der Waals surface area (Å²) in [5, 5.41) is 0. The number of morpholine rings is 1. The Hall–Kier alpha value is -1.79.